The van der Waals surface area contributed by atoms with E-state index in [4.69, 9.17) is 0 Å². The predicted octanol–water partition coefficient (Wildman–Crippen LogP) is 3.95. The number of piperidine rings is 1. The van der Waals surface area contributed by atoms with Crippen molar-refractivity contribution in [3.8, 4) is 0 Å². The van der Waals surface area contributed by atoms with Gasteiger partial charge in [0.25, 0.3) is 0 Å². The van der Waals surface area contributed by atoms with Crippen molar-refractivity contribution in [1.29, 1.82) is 0 Å². The first-order valence-electron chi connectivity index (χ1n) is 9.74. The van der Waals surface area contributed by atoms with Crippen LogP contribution in [0.1, 0.15) is 57.8 Å². The SMILES string of the molecule is O=C(CCC1CCCCC1)N1CCC(S(=O)(=O)c2ccc(F)cc2)CC1. The third-order valence-electron chi connectivity index (χ3n) is 5.87. The summed E-state index contributed by atoms with van der Waals surface area (Å²) < 4.78 is 38.4. The minimum atomic E-state index is -3.46. The zero-order valence-electron chi connectivity index (χ0n) is 15.2. The molecule has 0 N–H and O–H groups in total. The molecule has 0 radical (unpaired) electrons. The highest BCUT2D eigenvalue weighted by Gasteiger charge is 2.32. The molecule has 0 atom stereocenters. The molecule has 1 saturated carbocycles. The van der Waals surface area contributed by atoms with Gasteiger partial charge >= 0.3 is 0 Å². The lowest BCUT2D eigenvalue weighted by Crippen LogP contribution is -2.42. The summed E-state index contributed by atoms with van der Waals surface area (Å²) in [6.07, 6.45) is 8.82. The molecule has 26 heavy (non-hydrogen) atoms. The molecule has 1 aromatic carbocycles. The van der Waals surface area contributed by atoms with E-state index in [1.165, 1.54) is 56.4 Å². The molecule has 1 amide bonds. The van der Waals surface area contributed by atoms with Gasteiger partial charge in [-0.1, -0.05) is 32.1 Å². The smallest absolute Gasteiger partial charge is 0.222 e. The summed E-state index contributed by atoms with van der Waals surface area (Å²) in [7, 11) is -3.46. The van der Waals surface area contributed by atoms with Crippen molar-refractivity contribution >= 4 is 15.7 Å². The van der Waals surface area contributed by atoms with Crippen LogP contribution >= 0.6 is 0 Å². The summed E-state index contributed by atoms with van der Waals surface area (Å²) in [6, 6.07) is 5.01. The first-order valence-corrected chi connectivity index (χ1v) is 11.3. The molecule has 3 rings (SSSR count). The summed E-state index contributed by atoms with van der Waals surface area (Å²) in [5, 5.41) is -0.490. The number of halogens is 1. The van der Waals surface area contributed by atoms with Crippen molar-refractivity contribution in [3.05, 3.63) is 30.1 Å². The van der Waals surface area contributed by atoms with E-state index in [1.807, 2.05) is 4.90 Å². The van der Waals surface area contributed by atoms with Gasteiger partial charge in [-0.2, -0.15) is 0 Å². The van der Waals surface area contributed by atoms with Crippen LogP contribution in [0.25, 0.3) is 0 Å². The van der Waals surface area contributed by atoms with Crippen molar-refractivity contribution < 1.29 is 17.6 Å². The van der Waals surface area contributed by atoms with E-state index in [2.05, 4.69) is 0 Å². The largest absolute Gasteiger partial charge is 0.343 e. The number of hydrogen-bond donors (Lipinski definition) is 0. The van der Waals surface area contributed by atoms with Crippen molar-refractivity contribution in [2.45, 2.75) is 67.9 Å². The van der Waals surface area contributed by atoms with Crippen molar-refractivity contribution in [2.24, 2.45) is 5.92 Å². The number of benzene rings is 1. The number of amides is 1. The van der Waals surface area contributed by atoms with E-state index in [0.29, 0.717) is 38.3 Å². The van der Waals surface area contributed by atoms with Crippen molar-refractivity contribution in [1.82, 2.24) is 4.90 Å². The van der Waals surface area contributed by atoms with Gasteiger partial charge in [0.2, 0.25) is 5.91 Å². The number of likely N-dealkylation sites (tertiary alicyclic amines) is 1. The van der Waals surface area contributed by atoms with E-state index in [-0.39, 0.29) is 10.8 Å². The summed E-state index contributed by atoms with van der Waals surface area (Å²) >= 11 is 0. The van der Waals surface area contributed by atoms with Crippen LogP contribution in [0.15, 0.2) is 29.2 Å². The zero-order chi connectivity index (χ0) is 18.6. The highest BCUT2D eigenvalue weighted by atomic mass is 32.2. The minimum Gasteiger partial charge on any atom is -0.343 e. The fraction of sp³-hybridized carbons (Fsp3) is 0.650. The fourth-order valence-corrected chi connectivity index (χ4v) is 5.93. The lowest BCUT2D eigenvalue weighted by atomic mass is 9.86. The molecule has 1 aliphatic carbocycles. The van der Waals surface area contributed by atoms with E-state index in [1.54, 1.807) is 0 Å². The standard InChI is InChI=1S/C20H28FNO3S/c21-17-7-9-18(10-8-17)26(24,25)19-12-14-22(15-13-19)20(23)11-6-16-4-2-1-3-5-16/h7-10,16,19H,1-6,11-15H2. The number of sulfone groups is 1. The second kappa shape index (κ2) is 8.51. The second-order valence-corrected chi connectivity index (χ2v) is 9.85. The Morgan fingerprint density at radius 2 is 1.62 bits per heavy atom. The number of carbonyl (C=O) groups is 1. The van der Waals surface area contributed by atoms with Crippen LogP contribution in [0.5, 0.6) is 0 Å². The molecule has 0 unspecified atom stereocenters. The van der Waals surface area contributed by atoms with Gasteiger partial charge in [0.05, 0.1) is 10.1 Å². The first-order chi connectivity index (χ1) is 12.5. The van der Waals surface area contributed by atoms with E-state index in [0.717, 1.165) is 6.42 Å². The molecule has 4 nitrogen and oxygen atoms in total. The Labute approximate surface area is 155 Å². The van der Waals surface area contributed by atoms with E-state index >= 15 is 0 Å². The number of hydrogen-bond acceptors (Lipinski definition) is 3. The van der Waals surface area contributed by atoms with Crippen molar-refractivity contribution in [3.63, 3.8) is 0 Å². The summed E-state index contributed by atoms with van der Waals surface area (Å²) in [5.41, 5.74) is 0. The van der Waals surface area contributed by atoms with Crippen LogP contribution < -0.4 is 0 Å². The Balaban J connectivity index is 1.50. The van der Waals surface area contributed by atoms with Gasteiger partial charge in [0.15, 0.2) is 9.84 Å². The lowest BCUT2D eigenvalue weighted by Gasteiger charge is -2.32. The molecular weight excluding hydrogens is 353 g/mol. The second-order valence-electron chi connectivity index (χ2n) is 7.62. The topological polar surface area (TPSA) is 54.5 Å². The predicted molar refractivity (Wildman–Crippen MR) is 99.0 cm³/mol. The van der Waals surface area contributed by atoms with Gasteiger partial charge in [-0.15, -0.1) is 0 Å². The van der Waals surface area contributed by atoms with Gasteiger partial charge in [-0.25, -0.2) is 12.8 Å². The Bertz CT molecular complexity index is 703. The van der Waals surface area contributed by atoms with Crippen LogP contribution in [0.3, 0.4) is 0 Å². The quantitative estimate of drug-likeness (QED) is 0.726. The molecule has 1 aliphatic heterocycles. The Morgan fingerprint density at radius 1 is 1.00 bits per heavy atom. The average Bonchev–Trinajstić information content (AvgIpc) is 2.67. The molecule has 0 bridgehead atoms. The van der Waals surface area contributed by atoms with Gasteiger partial charge in [-0.05, 0) is 49.4 Å². The van der Waals surface area contributed by atoms with Gasteiger partial charge in [0, 0.05) is 19.5 Å². The Kier molecular flexibility index (Phi) is 6.33. The maximum absolute atomic E-state index is 13.0. The molecule has 0 aromatic heterocycles. The van der Waals surface area contributed by atoms with E-state index in [9.17, 15) is 17.6 Å². The van der Waals surface area contributed by atoms with Gasteiger partial charge in [0.1, 0.15) is 5.82 Å². The van der Waals surface area contributed by atoms with Crippen LogP contribution in [0, 0.1) is 11.7 Å². The van der Waals surface area contributed by atoms with E-state index < -0.39 is 20.9 Å². The van der Waals surface area contributed by atoms with Crippen LogP contribution in [0.4, 0.5) is 4.39 Å². The number of carbonyl (C=O) groups excluding carboxylic acids is 1. The molecule has 1 heterocycles. The van der Waals surface area contributed by atoms with Crippen LogP contribution in [-0.2, 0) is 14.6 Å². The monoisotopic (exact) mass is 381 g/mol. The number of nitrogens with zero attached hydrogens (tertiary/aromatic N) is 1. The Hall–Kier alpha value is -1.43. The first kappa shape index (κ1) is 19.3. The maximum atomic E-state index is 13.0. The zero-order valence-corrected chi connectivity index (χ0v) is 16.0. The molecule has 6 heteroatoms. The highest BCUT2D eigenvalue weighted by Crippen LogP contribution is 2.29. The molecular formula is C20H28FNO3S. The molecule has 1 aromatic rings. The molecule has 2 aliphatic rings. The van der Waals surface area contributed by atoms with Crippen LogP contribution in [-0.4, -0.2) is 37.6 Å². The molecule has 0 spiro atoms. The maximum Gasteiger partial charge on any atom is 0.222 e. The minimum absolute atomic E-state index is 0.160. The summed E-state index contributed by atoms with van der Waals surface area (Å²) in [4.78, 5) is 14.4. The third kappa shape index (κ3) is 4.64. The lowest BCUT2D eigenvalue weighted by molar-refractivity contribution is -0.132. The Morgan fingerprint density at radius 3 is 2.23 bits per heavy atom. The van der Waals surface area contributed by atoms with Gasteiger partial charge in [-0.3, -0.25) is 4.79 Å². The number of rotatable bonds is 5. The van der Waals surface area contributed by atoms with Gasteiger partial charge < -0.3 is 4.90 Å². The third-order valence-corrected chi connectivity index (χ3v) is 8.15. The van der Waals surface area contributed by atoms with Crippen molar-refractivity contribution in [2.75, 3.05) is 13.1 Å². The normalized spacial score (nSPS) is 20.3. The highest BCUT2D eigenvalue weighted by molar-refractivity contribution is 7.92. The molecule has 1 saturated heterocycles. The summed E-state index contributed by atoms with van der Waals surface area (Å²) in [5.74, 6) is 0.402. The molecule has 2 fully saturated rings. The summed E-state index contributed by atoms with van der Waals surface area (Å²) in [6.45, 7) is 0.989. The fourth-order valence-electron chi connectivity index (χ4n) is 4.19. The van der Waals surface area contributed by atoms with Crippen LogP contribution in [0.2, 0.25) is 0 Å². The molecule has 144 valence electrons. The average molecular weight is 382 g/mol.